The Morgan fingerprint density at radius 3 is 2.42 bits per heavy atom. The molecule has 7 nitrogen and oxygen atoms in total. The highest BCUT2D eigenvalue weighted by Crippen LogP contribution is 2.40. The third-order valence-corrected chi connectivity index (χ3v) is 10.6. The molecule has 10 heteroatoms. The van der Waals surface area contributed by atoms with Crippen LogP contribution in [0.1, 0.15) is 54.5 Å². The molecule has 2 atom stereocenters. The first-order valence-corrected chi connectivity index (χ1v) is 14.7. The van der Waals surface area contributed by atoms with E-state index < -0.39 is 32.3 Å². The summed E-state index contributed by atoms with van der Waals surface area (Å²) < 4.78 is 70.3. The highest BCUT2D eigenvalue weighted by atomic mass is 32.2. The molecule has 2 aromatic carbocycles. The number of hydrogen-bond donors (Lipinski definition) is 1. The van der Waals surface area contributed by atoms with Crippen LogP contribution in [0.3, 0.4) is 0 Å². The Hall–Kier alpha value is -2.40. The summed E-state index contributed by atoms with van der Waals surface area (Å²) in [5.74, 6) is -1.58. The number of hydrogen-bond acceptors (Lipinski definition) is 5. The quantitative estimate of drug-likeness (QED) is 0.569. The molecule has 0 radical (unpaired) electrons. The molecular formula is C28H34F2N2O5S. The Bertz CT molecular complexity index is 1260. The van der Waals surface area contributed by atoms with E-state index in [9.17, 15) is 13.2 Å². The van der Waals surface area contributed by atoms with E-state index >= 15 is 8.78 Å². The Labute approximate surface area is 222 Å². The number of halogens is 2. The van der Waals surface area contributed by atoms with Crippen LogP contribution in [0.25, 0.3) is 0 Å². The molecule has 3 aliphatic rings. The smallest absolute Gasteiger partial charge is 0.230 e. The minimum absolute atomic E-state index is 0.0129. The SMILES string of the molecule is C[C@H]1CC[C@H](c2ccccc2)S(=O)(=O)N1Cc1cc(F)c(C2(C(=O)NCC3COC3)CCOCC2)cc1F. The van der Waals surface area contributed by atoms with Crippen molar-refractivity contribution < 1.29 is 31.5 Å². The minimum atomic E-state index is -3.81. The fraction of sp³-hybridized carbons (Fsp3) is 0.536. The first-order valence-electron chi connectivity index (χ1n) is 13.2. The van der Waals surface area contributed by atoms with Gasteiger partial charge in [-0.05, 0) is 50.3 Å². The van der Waals surface area contributed by atoms with E-state index in [0.29, 0.717) is 38.2 Å². The Morgan fingerprint density at radius 2 is 1.76 bits per heavy atom. The highest BCUT2D eigenvalue weighted by Gasteiger charge is 2.45. The molecule has 1 amide bonds. The van der Waals surface area contributed by atoms with Crippen molar-refractivity contribution in [1.82, 2.24) is 9.62 Å². The summed E-state index contributed by atoms with van der Waals surface area (Å²) in [6.45, 7) is 3.57. The van der Waals surface area contributed by atoms with Crippen molar-refractivity contribution in [3.05, 3.63) is 70.8 Å². The van der Waals surface area contributed by atoms with Crippen molar-refractivity contribution >= 4 is 15.9 Å². The van der Waals surface area contributed by atoms with E-state index in [2.05, 4.69) is 5.32 Å². The van der Waals surface area contributed by atoms with Crippen LogP contribution in [0.15, 0.2) is 42.5 Å². The summed E-state index contributed by atoms with van der Waals surface area (Å²) in [5, 5.41) is 2.17. The molecule has 0 aliphatic carbocycles. The molecule has 3 aliphatic heterocycles. The topological polar surface area (TPSA) is 84.9 Å². The van der Waals surface area contributed by atoms with Crippen LogP contribution in [-0.2, 0) is 36.3 Å². The van der Waals surface area contributed by atoms with Gasteiger partial charge in [0.1, 0.15) is 16.9 Å². The third-order valence-electron chi connectivity index (χ3n) is 8.21. The van der Waals surface area contributed by atoms with Gasteiger partial charge in [0.05, 0.1) is 18.6 Å². The van der Waals surface area contributed by atoms with Crippen LogP contribution in [0.2, 0.25) is 0 Å². The zero-order valence-electron chi connectivity index (χ0n) is 21.5. The standard InChI is InChI=1S/C28H34F2N2O5S/c1-19-7-8-26(21-5-3-2-4-6-21)38(34,35)32(19)16-22-13-25(30)23(14-24(22)29)28(9-11-36-12-10-28)27(33)31-15-20-17-37-18-20/h2-6,13-14,19-20,26H,7-12,15-18H2,1H3,(H,31,33)/t19-,26+/m0/s1. The minimum Gasteiger partial charge on any atom is -0.381 e. The number of benzene rings is 2. The average Bonchev–Trinajstić information content (AvgIpc) is 2.88. The van der Waals surface area contributed by atoms with Gasteiger partial charge in [0.15, 0.2) is 0 Å². The molecule has 0 bridgehead atoms. The van der Waals surface area contributed by atoms with Crippen molar-refractivity contribution in [3.63, 3.8) is 0 Å². The fourth-order valence-electron chi connectivity index (χ4n) is 5.74. The first-order chi connectivity index (χ1) is 18.2. The molecule has 1 N–H and O–H groups in total. The molecule has 3 fully saturated rings. The first kappa shape index (κ1) is 27.2. The Kier molecular flexibility index (Phi) is 7.86. The monoisotopic (exact) mass is 548 g/mol. The molecule has 0 spiro atoms. The largest absolute Gasteiger partial charge is 0.381 e. The van der Waals surface area contributed by atoms with Gasteiger partial charge >= 0.3 is 0 Å². The third kappa shape index (κ3) is 5.11. The zero-order valence-corrected chi connectivity index (χ0v) is 22.3. The van der Waals surface area contributed by atoms with E-state index in [-0.39, 0.29) is 61.6 Å². The lowest BCUT2D eigenvalue weighted by Crippen LogP contribution is -2.51. The number of nitrogens with one attached hydrogen (secondary N) is 1. The fourth-order valence-corrected chi connectivity index (χ4v) is 7.93. The van der Waals surface area contributed by atoms with E-state index in [0.717, 1.165) is 12.1 Å². The highest BCUT2D eigenvalue weighted by molar-refractivity contribution is 7.89. The number of carbonyl (C=O) groups is 1. The van der Waals surface area contributed by atoms with Crippen LogP contribution in [0, 0.1) is 17.6 Å². The number of nitrogens with zero attached hydrogens (tertiary/aromatic N) is 1. The molecule has 0 aromatic heterocycles. The molecule has 3 saturated heterocycles. The summed E-state index contributed by atoms with van der Waals surface area (Å²) in [5.41, 5.74) is -0.632. The number of carbonyl (C=O) groups excluding carboxylic acids is 1. The van der Waals surface area contributed by atoms with Crippen LogP contribution < -0.4 is 5.32 Å². The summed E-state index contributed by atoms with van der Waals surface area (Å²) >= 11 is 0. The van der Waals surface area contributed by atoms with Gasteiger partial charge in [0.2, 0.25) is 15.9 Å². The average molecular weight is 549 g/mol. The van der Waals surface area contributed by atoms with Gasteiger partial charge in [0.25, 0.3) is 0 Å². The predicted molar refractivity (Wildman–Crippen MR) is 138 cm³/mol. The second-order valence-electron chi connectivity index (χ2n) is 10.6. The molecule has 5 rings (SSSR count). The zero-order chi connectivity index (χ0) is 26.9. The maximum Gasteiger partial charge on any atom is 0.230 e. The maximum atomic E-state index is 15.7. The molecule has 206 valence electrons. The van der Waals surface area contributed by atoms with E-state index in [1.165, 1.54) is 4.31 Å². The molecular weight excluding hydrogens is 514 g/mol. The number of sulfonamides is 1. The van der Waals surface area contributed by atoms with Gasteiger partial charge in [-0.1, -0.05) is 30.3 Å². The van der Waals surface area contributed by atoms with Gasteiger partial charge in [-0.15, -0.1) is 0 Å². The van der Waals surface area contributed by atoms with Gasteiger partial charge in [-0.3, -0.25) is 4.79 Å². The number of amides is 1. The van der Waals surface area contributed by atoms with Crippen LogP contribution >= 0.6 is 0 Å². The van der Waals surface area contributed by atoms with Crippen LogP contribution in [-0.4, -0.2) is 57.6 Å². The summed E-state index contributed by atoms with van der Waals surface area (Å²) in [4.78, 5) is 13.3. The van der Waals surface area contributed by atoms with Crippen molar-refractivity contribution in [2.45, 2.75) is 55.9 Å². The van der Waals surface area contributed by atoms with Crippen molar-refractivity contribution in [2.24, 2.45) is 5.92 Å². The van der Waals surface area contributed by atoms with Crippen LogP contribution in [0.4, 0.5) is 8.78 Å². The summed E-state index contributed by atoms with van der Waals surface area (Å²) in [6.07, 6.45) is 1.53. The Balaban J connectivity index is 1.42. The molecule has 0 saturated carbocycles. The summed E-state index contributed by atoms with van der Waals surface area (Å²) in [6, 6.07) is 10.8. The van der Waals surface area contributed by atoms with Crippen molar-refractivity contribution in [2.75, 3.05) is 33.0 Å². The van der Waals surface area contributed by atoms with Crippen LogP contribution in [0.5, 0.6) is 0 Å². The van der Waals surface area contributed by atoms with Crippen molar-refractivity contribution in [1.29, 1.82) is 0 Å². The van der Waals surface area contributed by atoms with Gasteiger partial charge in [-0.25, -0.2) is 17.2 Å². The lowest BCUT2D eigenvalue weighted by Gasteiger charge is -2.38. The predicted octanol–water partition coefficient (Wildman–Crippen LogP) is 3.83. The van der Waals surface area contributed by atoms with E-state index in [1.54, 1.807) is 31.2 Å². The van der Waals surface area contributed by atoms with E-state index in [1.807, 2.05) is 6.07 Å². The molecule has 3 heterocycles. The lowest BCUT2D eigenvalue weighted by atomic mass is 9.72. The van der Waals surface area contributed by atoms with Crippen molar-refractivity contribution in [3.8, 4) is 0 Å². The lowest BCUT2D eigenvalue weighted by molar-refractivity contribution is -0.131. The van der Waals surface area contributed by atoms with Gasteiger partial charge in [0, 0.05) is 49.4 Å². The number of rotatable bonds is 7. The van der Waals surface area contributed by atoms with E-state index in [4.69, 9.17) is 9.47 Å². The molecule has 0 unspecified atom stereocenters. The second-order valence-corrected chi connectivity index (χ2v) is 12.7. The molecule has 38 heavy (non-hydrogen) atoms. The summed E-state index contributed by atoms with van der Waals surface area (Å²) in [7, 11) is -3.81. The van der Waals surface area contributed by atoms with Gasteiger partial charge in [-0.2, -0.15) is 4.31 Å². The number of ether oxygens (including phenoxy) is 2. The Morgan fingerprint density at radius 1 is 1.05 bits per heavy atom. The maximum absolute atomic E-state index is 15.7. The molecule has 2 aromatic rings. The second kappa shape index (κ2) is 11.0. The van der Waals surface area contributed by atoms with Gasteiger partial charge < -0.3 is 14.8 Å². The normalized spacial score (nSPS) is 25.4.